The zero-order valence-electron chi connectivity index (χ0n) is 17.0. The van der Waals surface area contributed by atoms with Crippen LogP contribution in [0.1, 0.15) is 37.8 Å². The minimum atomic E-state index is -0.474. The summed E-state index contributed by atoms with van der Waals surface area (Å²) in [7, 11) is 0. The lowest BCUT2D eigenvalue weighted by Gasteiger charge is -2.19. The molecule has 0 saturated carbocycles. The van der Waals surface area contributed by atoms with E-state index in [4.69, 9.17) is 9.47 Å². The summed E-state index contributed by atoms with van der Waals surface area (Å²) in [4.78, 5) is 24.4. The lowest BCUT2D eigenvalue weighted by Crippen LogP contribution is -2.40. The maximum Gasteiger partial charge on any atom is 0.323 e. The number of phenols is 1. The van der Waals surface area contributed by atoms with Crippen LogP contribution in [0.15, 0.2) is 54.6 Å². The molecule has 2 N–H and O–H groups in total. The van der Waals surface area contributed by atoms with Crippen LogP contribution in [-0.4, -0.2) is 29.6 Å². The first-order valence-electron chi connectivity index (χ1n) is 9.81. The molecule has 0 amide bonds. The average molecular weight is 399 g/mol. The zero-order chi connectivity index (χ0) is 21.1. The number of nitrogens with one attached hydrogen (secondary N) is 1. The summed E-state index contributed by atoms with van der Waals surface area (Å²) in [6.45, 7) is 4.70. The number of aromatic hydroxyl groups is 1. The Balaban J connectivity index is 1.75. The van der Waals surface area contributed by atoms with Gasteiger partial charge in [0.25, 0.3) is 0 Å². The molecule has 0 aliphatic heterocycles. The van der Waals surface area contributed by atoms with Crippen LogP contribution >= 0.6 is 0 Å². The van der Waals surface area contributed by atoms with Gasteiger partial charge in [-0.3, -0.25) is 9.59 Å². The van der Waals surface area contributed by atoms with E-state index in [0.29, 0.717) is 24.4 Å². The lowest BCUT2D eigenvalue weighted by atomic mass is 10.0. The van der Waals surface area contributed by atoms with E-state index < -0.39 is 6.04 Å². The van der Waals surface area contributed by atoms with Crippen molar-refractivity contribution in [3.05, 3.63) is 65.7 Å². The molecule has 0 bridgehead atoms. The van der Waals surface area contributed by atoms with Crippen LogP contribution in [-0.2, 0) is 32.3 Å². The van der Waals surface area contributed by atoms with Gasteiger partial charge < -0.3 is 19.9 Å². The predicted octanol–water partition coefficient (Wildman–Crippen LogP) is 3.57. The number of carbonyl (C=O) groups excluding carboxylic acids is 2. The molecule has 0 heterocycles. The Hall–Kier alpha value is -2.86. The first-order chi connectivity index (χ1) is 13.9. The van der Waals surface area contributed by atoms with Gasteiger partial charge >= 0.3 is 11.9 Å². The molecule has 0 aliphatic rings. The summed E-state index contributed by atoms with van der Waals surface area (Å²) >= 11 is 0. The molecular weight excluding hydrogens is 370 g/mol. The molecule has 1 unspecified atom stereocenters. The van der Waals surface area contributed by atoms with E-state index in [1.807, 2.05) is 44.2 Å². The highest BCUT2D eigenvalue weighted by atomic mass is 16.5. The second kappa shape index (κ2) is 11.9. The maximum absolute atomic E-state index is 12.4. The molecule has 0 spiro atoms. The summed E-state index contributed by atoms with van der Waals surface area (Å²) in [6.07, 6.45) is 0.755. The van der Waals surface area contributed by atoms with E-state index in [9.17, 15) is 14.7 Å². The number of esters is 2. The van der Waals surface area contributed by atoms with Crippen LogP contribution in [0.5, 0.6) is 5.75 Å². The van der Waals surface area contributed by atoms with E-state index in [1.54, 1.807) is 24.3 Å². The minimum absolute atomic E-state index is 0.0990. The lowest BCUT2D eigenvalue weighted by molar-refractivity contribution is -0.149. The smallest absolute Gasteiger partial charge is 0.323 e. The molecule has 0 aliphatic carbocycles. The molecule has 0 radical (unpaired) electrons. The standard InChI is InChI=1S/C23H29NO5/c1-17(2)13-21(23(27)29-15-18-7-4-3-5-8-18)24-12-11-22(26)28-16-19-9-6-10-20(25)14-19/h3-10,14,17,21,24-25H,11-13,15-16H2,1-2H3. The molecule has 2 rings (SSSR count). The normalized spacial score (nSPS) is 11.8. The fourth-order valence-electron chi connectivity index (χ4n) is 2.79. The fourth-order valence-corrected chi connectivity index (χ4v) is 2.79. The number of hydrogen-bond acceptors (Lipinski definition) is 6. The largest absolute Gasteiger partial charge is 0.508 e. The second-order valence-corrected chi connectivity index (χ2v) is 7.31. The van der Waals surface area contributed by atoms with Crippen molar-refractivity contribution in [3.63, 3.8) is 0 Å². The highest BCUT2D eigenvalue weighted by Crippen LogP contribution is 2.12. The molecule has 1 atom stereocenters. The van der Waals surface area contributed by atoms with Crippen LogP contribution in [0.25, 0.3) is 0 Å². The third-order valence-corrected chi connectivity index (χ3v) is 4.25. The van der Waals surface area contributed by atoms with E-state index in [0.717, 1.165) is 5.56 Å². The van der Waals surface area contributed by atoms with Crippen molar-refractivity contribution >= 4 is 11.9 Å². The van der Waals surface area contributed by atoms with Crippen molar-refractivity contribution in [1.82, 2.24) is 5.32 Å². The summed E-state index contributed by atoms with van der Waals surface area (Å²) in [5.74, 6) is -0.266. The summed E-state index contributed by atoms with van der Waals surface area (Å²) < 4.78 is 10.6. The van der Waals surface area contributed by atoms with Crippen LogP contribution in [0, 0.1) is 5.92 Å². The van der Waals surface area contributed by atoms with Crippen molar-refractivity contribution < 1.29 is 24.2 Å². The van der Waals surface area contributed by atoms with Gasteiger partial charge in [0.2, 0.25) is 0 Å². The molecule has 156 valence electrons. The third-order valence-electron chi connectivity index (χ3n) is 4.25. The molecule has 6 nitrogen and oxygen atoms in total. The Bertz CT molecular complexity index is 776. The topological polar surface area (TPSA) is 84.9 Å². The summed E-state index contributed by atoms with van der Waals surface area (Å²) in [5, 5.41) is 12.5. The SMILES string of the molecule is CC(C)CC(NCCC(=O)OCc1cccc(O)c1)C(=O)OCc1ccccc1. The number of ether oxygens (including phenoxy) is 2. The van der Waals surface area contributed by atoms with Crippen molar-refractivity contribution in [1.29, 1.82) is 0 Å². The van der Waals surface area contributed by atoms with E-state index in [1.165, 1.54) is 0 Å². The molecule has 29 heavy (non-hydrogen) atoms. The van der Waals surface area contributed by atoms with E-state index in [-0.39, 0.29) is 37.3 Å². The van der Waals surface area contributed by atoms with Crippen molar-refractivity contribution in [2.24, 2.45) is 5.92 Å². The number of rotatable bonds is 11. The van der Waals surface area contributed by atoms with Gasteiger partial charge in [-0.05, 0) is 35.6 Å². The van der Waals surface area contributed by atoms with Crippen LogP contribution < -0.4 is 5.32 Å². The highest BCUT2D eigenvalue weighted by molar-refractivity contribution is 5.76. The van der Waals surface area contributed by atoms with Gasteiger partial charge in [0.15, 0.2) is 0 Å². The minimum Gasteiger partial charge on any atom is -0.508 e. The molecule has 0 aromatic heterocycles. The van der Waals surface area contributed by atoms with E-state index in [2.05, 4.69) is 5.32 Å². The molecule has 0 fully saturated rings. The Labute approximate surface area is 171 Å². The van der Waals surface area contributed by atoms with Gasteiger partial charge in [0, 0.05) is 6.54 Å². The van der Waals surface area contributed by atoms with Gasteiger partial charge in [-0.1, -0.05) is 56.3 Å². The maximum atomic E-state index is 12.4. The molecule has 6 heteroatoms. The van der Waals surface area contributed by atoms with Crippen molar-refractivity contribution in [3.8, 4) is 5.75 Å². The molecule has 0 saturated heterocycles. The summed E-state index contributed by atoms with van der Waals surface area (Å²) in [6, 6.07) is 15.6. The third kappa shape index (κ3) is 8.79. The fraction of sp³-hybridized carbons (Fsp3) is 0.391. The number of hydrogen-bond donors (Lipinski definition) is 2. The first kappa shape index (κ1) is 22.4. The van der Waals surface area contributed by atoms with E-state index >= 15 is 0 Å². The molecular formula is C23H29NO5. The second-order valence-electron chi connectivity index (χ2n) is 7.31. The van der Waals surface area contributed by atoms with Gasteiger partial charge in [-0.2, -0.15) is 0 Å². The van der Waals surface area contributed by atoms with Crippen LogP contribution in [0.2, 0.25) is 0 Å². The quantitative estimate of drug-likeness (QED) is 0.562. The Morgan fingerprint density at radius 3 is 2.34 bits per heavy atom. The Morgan fingerprint density at radius 2 is 1.66 bits per heavy atom. The molecule has 2 aromatic carbocycles. The van der Waals surface area contributed by atoms with Crippen molar-refractivity contribution in [2.75, 3.05) is 6.54 Å². The van der Waals surface area contributed by atoms with Crippen LogP contribution in [0.3, 0.4) is 0 Å². The average Bonchev–Trinajstić information content (AvgIpc) is 2.70. The first-order valence-corrected chi connectivity index (χ1v) is 9.81. The Kier molecular flexibility index (Phi) is 9.18. The van der Waals surface area contributed by atoms with Crippen molar-refractivity contribution in [2.45, 2.75) is 45.9 Å². The van der Waals surface area contributed by atoms with Crippen LogP contribution in [0.4, 0.5) is 0 Å². The Morgan fingerprint density at radius 1 is 0.966 bits per heavy atom. The highest BCUT2D eigenvalue weighted by Gasteiger charge is 2.21. The monoisotopic (exact) mass is 399 g/mol. The number of carbonyl (C=O) groups is 2. The number of phenolic OH excluding ortho intramolecular Hbond substituents is 1. The van der Waals surface area contributed by atoms with Gasteiger partial charge in [-0.25, -0.2) is 0 Å². The van der Waals surface area contributed by atoms with Gasteiger partial charge in [-0.15, -0.1) is 0 Å². The number of benzene rings is 2. The zero-order valence-corrected chi connectivity index (χ0v) is 17.0. The van der Waals surface area contributed by atoms with Gasteiger partial charge in [0.1, 0.15) is 25.0 Å². The molecule has 2 aromatic rings. The predicted molar refractivity (Wildman–Crippen MR) is 110 cm³/mol. The summed E-state index contributed by atoms with van der Waals surface area (Å²) in [5.41, 5.74) is 1.65. The van der Waals surface area contributed by atoms with Gasteiger partial charge in [0.05, 0.1) is 6.42 Å².